The first-order valence-electron chi connectivity index (χ1n) is 5.69. The second kappa shape index (κ2) is 5.45. The van der Waals surface area contributed by atoms with Gasteiger partial charge >= 0.3 is 5.97 Å². The number of hydrogen-bond acceptors (Lipinski definition) is 5. The van der Waals surface area contributed by atoms with E-state index in [0.717, 1.165) is 24.5 Å². The summed E-state index contributed by atoms with van der Waals surface area (Å²) in [6.07, 6.45) is 3.36. The molecule has 0 saturated carbocycles. The number of carboxylic acids is 1. The van der Waals surface area contributed by atoms with E-state index in [0.29, 0.717) is 4.88 Å². The van der Waals surface area contributed by atoms with Crippen LogP contribution in [0.4, 0.5) is 0 Å². The first-order valence-corrected chi connectivity index (χ1v) is 6.50. The quantitative estimate of drug-likeness (QED) is 0.858. The van der Waals surface area contributed by atoms with Gasteiger partial charge in [-0.15, -0.1) is 11.3 Å². The van der Waals surface area contributed by atoms with E-state index in [1.807, 2.05) is 0 Å². The van der Waals surface area contributed by atoms with Crippen LogP contribution in [-0.2, 0) is 9.53 Å². The van der Waals surface area contributed by atoms with Crippen LogP contribution in [0.5, 0.6) is 0 Å². The number of carbonyl (C=O) groups excluding carboxylic acids is 1. The monoisotopic (exact) mass is 270 g/mol. The van der Waals surface area contributed by atoms with E-state index < -0.39 is 17.9 Å². The van der Waals surface area contributed by atoms with Gasteiger partial charge in [0.05, 0.1) is 6.20 Å². The third-order valence-corrected chi connectivity index (χ3v) is 3.76. The molecular formula is C11H14N2O4S. The van der Waals surface area contributed by atoms with Crippen LogP contribution >= 0.6 is 11.3 Å². The summed E-state index contributed by atoms with van der Waals surface area (Å²) in [5.41, 5.74) is 0. The van der Waals surface area contributed by atoms with Gasteiger partial charge in [-0.25, -0.2) is 4.98 Å². The number of nitrogens with zero attached hydrogens (tertiary/aromatic N) is 1. The summed E-state index contributed by atoms with van der Waals surface area (Å²) in [5, 5.41) is 11.9. The minimum Gasteiger partial charge on any atom is -0.480 e. The lowest BCUT2D eigenvalue weighted by molar-refractivity contribution is -0.138. The first kappa shape index (κ1) is 13.0. The molecule has 1 amide bonds. The smallest absolute Gasteiger partial charge is 0.325 e. The van der Waals surface area contributed by atoms with Crippen molar-refractivity contribution in [1.82, 2.24) is 10.3 Å². The topological polar surface area (TPSA) is 88.5 Å². The van der Waals surface area contributed by atoms with Gasteiger partial charge in [-0.3, -0.25) is 9.59 Å². The molecule has 0 aliphatic carbocycles. The first-order chi connectivity index (χ1) is 8.58. The number of carbonyl (C=O) groups is 2. The van der Waals surface area contributed by atoms with Crippen molar-refractivity contribution in [1.29, 1.82) is 0 Å². The molecule has 6 nitrogen and oxygen atoms in total. The zero-order chi connectivity index (χ0) is 13.1. The summed E-state index contributed by atoms with van der Waals surface area (Å²) in [6, 6.07) is -0.911. The number of aromatic nitrogens is 1. The highest BCUT2D eigenvalue weighted by Gasteiger charge is 2.23. The van der Waals surface area contributed by atoms with Crippen molar-refractivity contribution in [3.8, 4) is 0 Å². The van der Waals surface area contributed by atoms with Crippen molar-refractivity contribution < 1.29 is 19.4 Å². The van der Waals surface area contributed by atoms with Crippen LogP contribution in [0.2, 0.25) is 0 Å². The van der Waals surface area contributed by atoms with Crippen LogP contribution in [0.25, 0.3) is 0 Å². The molecule has 2 heterocycles. The molecule has 2 atom stereocenters. The highest BCUT2D eigenvalue weighted by molar-refractivity contribution is 7.13. The Kier molecular flexibility index (Phi) is 3.93. The van der Waals surface area contributed by atoms with Crippen LogP contribution in [0, 0.1) is 0 Å². The Balaban J connectivity index is 2.00. The molecule has 2 rings (SSSR count). The van der Waals surface area contributed by atoms with Crippen molar-refractivity contribution >= 4 is 23.2 Å². The molecule has 1 aromatic rings. The SMILES string of the molecule is C[C@@H](NC(=O)c1cnc(C2CCCO2)s1)C(=O)O. The van der Waals surface area contributed by atoms with Crippen molar-refractivity contribution in [3.63, 3.8) is 0 Å². The van der Waals surface area contributed by atoms with E-state index in [-0.39, 0.29) is 6.10 Å². The van der Waals surface area contributed by atoms with Gasteiger partial charge < -0.3 is 15.2 Å². The lowest BCUT2D eigenvalue weighted by atomic mass is 10.2. The molecule has 1 fully saturated rings. The summed E-state index contributed by atoms with van der Waals surface area (Å²) in [6.45, 7) is 2.14. The van der Waals surface area contributed by atoms with Gasteiger partial charge in [0.1, 0.15) is 22.0 Å². The van der Waals surface area contributed by atoms with Crippen LogP contribution in [0.15, 0.2) is 6.20 Å². The van der Waals surface area contributed by atoms with Gasteiger partial charge in [0.25, 0.3) is 5.91 Å². The van der Waals surface area contributed by atoms with Gasteiger partial charge in [-0.2, -0.15) is 0 Å². The summed E-state index contributed by atoms with van der Waals surface area (Å²) in [4.78, 5) is 26.9. The van der Waals surface area contributed by atoms with Gasteiger partial charge in [0, 0.05) is 6.61 Å². The second-order valence-electron chi connectivity index (χ2n) is 4.10. The van der Waals surface area contributed by atoms with Gasteiger partial charge in [0.2, 0.25) is 0 Å². The standard InChI is InChI=1S/C11H14N2O4S/c1-6(11(15)16)13-9(14)8-5-12-10(18-8)7-3-2-4-17-7/h5-7H,2-4H2,1H3,(H,13,14)(H,15,16)/t6-,7?/m1/s1. The molecule has 1 saturated heterocycles. The fourth-order valence-corrected chi connectivity index (χ4v) is 2.55. The summed E-state index contributed by atoms with van der Waals surface area (Å²) >= 11 is 1.25. The number of carboxylic acid groups (broad SMARTS) is 1. The van der Waals surface area contributed by atoms with Gasteiger partial charge in [-0.1, -0.05) is 0 Å². The average Bonchev–Trinajstić information content (AvgIpc) is 2.99. The highest BCUT2D eigenvalue weighted by atomic mass is 32.1. The van der Waals surface area contributed by atoms with Crippen LogP contribution in [-0.4, -0.2) is 34.6 Å². The summed E-state index contributed by atoms with van der Waals surface area (Å²) in [5.74, 6) is -1.47. The molecule has 1 aliphatic rings. The van der Waals surface area contributed by atoms with E-state index >= 15 is 0 Å². The number of ether oxygens (including phenoxy) is 1. The number of rotatable bonds is 4. The Bertz CT molecular complexity index is 454. The predicted molar refractivity (Wildman–Crippen MR) is 64.6 cm³/mol. The Morgan fingerprint density at radius 1 is 1.67 bits per heavy atom. The lowest BCUT2D eigenvalue weighted by Crippen LogP contribution is -2.37. The van der Waals surface area contributed by atoms with E-state index in [1.54, 1.807) is 0 Å². The lowest BCUT2D eigenvalue weighted by Gasteiger charge is -2.07. The van der Waals surface area contributed by atoms with Crippen molar-refractivity contribution in [2.24, 2.45) is 0 Å². The maximum absolute atomic E-state index is 11.7. The number of nitrogens with one attached hydrogen (secondary N) is 1. The van der Waals surface area contributed by atoms with Crippen molar-refractivity contribution in [2.75, 3.05) is 6.61 Å². The number of aliphatic carboxylic acids is 1. The maximum Gasteiger partial charge on any atom is 0.325 e. The van der Waals surface area contributed by atoms with Gasteiger partial charge in [0.15, 0.2) is 0 Å². The van der Waals surface area contributed by atoms with Gasteiger partial charge in [-0.05, 0) is 19.8 Å². The van der Waals surface area contributed by atoms with Crippen LogP contribution in [0.3, 0.4) is 0 Å². The Morgan fingerprint density at radius 2 is 2.44 bits per heavy atom. The van der Waals surface area contributed by atoms with E-state index in [1.165, 1.54) is 24.5 Å². The molecule has 1 aliphatic heterocycles. The minimum absolute atomic E-state index is 0.0200. The highest BCUT2D eigenvalue weighted by Crippen LogP contribution is 2.31. The van der Waals surface area contributed by atoms with E-state index in [2.05, 4.69) is 10.3 Å². The zero-order valence-electron chi connectivity index (χ0n) is 9.88. The molecule has 0 bridgehead atoms. The Morgan fingerprint density at radius 3 is 3.06 bits per heavy atom. The third-order valence-electron chi connectivity index (χ3n) is 2.67. The molecule has 0 radical (unpaired) electrons. The summed E-state index contributed by atoms with van der Waals surface area (Å²) < 4.78 is 5.47. The Hall–Kier alpha value is -1.47. The molecule has 1 aromatic heterocycles. The zero-order valence-corrected chi connectivity index (χ0v) is 10.7. The second-order valence-corrected chi connectivity index (χ2v) is 5.16. The fraction of sp³-hybridized carbons (Fsp3) is 0.545. The van der Waals surface area contributed by atoms with Crippen molar-refractivity contribution in [3.05, 3.63) is 16.1 Å². The third kappa shape index (κ3) is 2.85. The molecular weight excluding hydrogens is 256 g/mol. The van der Waals surface area contributed by atoms with E-state index in [4.69, 9.17) is 9.84 Å². The molecule has 2 N–H and O–H groups in total. The number of thiazole rings is 1. The summed E-state index contributed by atoms with van der Waals surface area (Å²) in [7, 11) is 0. The number of amides is 1. The molecule has 98 valence electrons. The van der Waals surface area contributed by atoms with Crippen LogP contribution in [0.1, 0.15) is 40.5 Å². The molecule has 0 aromatic carbocycles. The predicted octanol–water partition coefficient (Wildman–Crippen LogP) is 1.20. The largest absolute Gasteiger partial charge is 0.480 e. The fourth-order valence-electron chi connectivity index (χ4n) is 1.64. The molecule has 7 heteroatoms. The molecule has 0 spiro atoms. The Labute approximate surface area is 108 Å². The molecule has 1 unspecified atom stereocenters. The van der Waals surface area contributed by atoms with E-state index in [9.17, 15) is 9.59 Å². The molecule has 18 heavy (non-hydrogen) atoms. The van der Waals surface area contributed by atoms with Crippen molar-refractivity contribution in [2.45, 2.75) is 31.9 Å². The van der Waals surface area contributed by atoms with Crippen LogP contribution < -0.4 is 5.32 Å². The average molecular weight is 270 g/mol. The minimum atomic E-state index is -1.06. The maximum atomic E-state index is 11.7. The normalized spacial score (nSPS) is 20.6. The number of hydrogen-bond donors (Lipinski definition) is 2.